The van der Waals surface area contributed by atoms with Gasteiger partial charge in [0.25, 0.3) is 0 Å². The number of nitrogens with zero attached hydrogens (tertiary/aromatic N) is 1. The molecule has 33 heavy (non-hydrogen) atoms. The maximum atomic E-state index is 12.5. The summed E-state index contributed by atoms with van der Waals surface area (Å²) in [4.78, 5) is 14.8. The second kappa shape index (κ2) is 8.90. The van der Waals surface area contributed by atoms with Crippen LogP contribution in [0.1, 0.15) is 30.4 Å². The van der Waals surface area contributed by atoms with E-state index in [4.69, 9.17) is 0 Å². The van der Waals surface area contributed by atoms with Gasteiger partial charge >= 0.3 is 0 Å². The highest BCUT2D eigenvalue weighted by Gasteiger charge is 2.20. The molecule has 1 aliphatic carbocycles. The molecule has 0 radical (unpaired) electrons. The van der Waals surface area contributed by atoms with Gasteiger partial charge in [-0.1, -0.05) is 30.3 Å². The monoisotopic (exact) mass is 461 g/mol. The predicted molar refractivity (Wildman–Crippen MR) is 133 cm³/mol. The smallest absolute Gasteiger partial charge is 0.241 e. The summed E-state index contributed by atoms with van der Waals surface area (Å²) >= 11 is 0. The number of piperidine rings is 1. The third-order valence-corrected chi connectivity index (χ3v) is 7.45. The minimum atomic E-state index is -3.82. The Morgan fingerprint density at radius 1 is 0.818 bits per heavy atom. The fraction of sp³-hybridized carbons (Fsp3) is 0.269. The molecule has 6 nitrogen and oxygen atoms in total. The van der Waals surface area contributed by atoms with Crippen molar-refractivity contribution in [1.82, 2.24) is 0 Å². The molecule has 0 saturated carbocycles. The van der Waals surface area contributed by atoms with Gasteiger partial charge in [-0.15, -0.1) is 0 Å². The molecular formula is C26H27N3O3S. The van der Waals surface area contributed by atoms with E-state index < -0.39 is 21.7 Å². The molecule has 0 unspecified atom stereocenters. The zero-order chi connectivity index (χ0) is 22.8. The second-order valence-corrected chi connectivity index (χ2v) is 10.4. The van der Waals surface area contributed by atoms with Crippen molar-refractivity contribution in [3.8, 4) is 11.1 Å². The summed E-state index contributed by atoms with van der Waals surface area (Å²) < 4.78 is 27.6. The molecule has 2 aliphatic rings. The first-order chi connectivity index (χ1) is 16.0. The van der Waals surface area contributed by atoms with Crippen molar-refractivity contribution in [2.24, 2.45) is 0 Å². The Kier molecular flexibility index (Phi) is 5.81. The van der Waals surface area contributed by atoms with Gasteiger partial charge < -0.3 is 10.2 Å². The number of fused-ring (bicyclic) bond motifs is 3. The summed E-state index contributed by atoms with van der Waals surface area (Å²) in [5.41, 5.74) is 6.91. The van der Waals surface area contributed by atoms with E-state index in [0.29, 0.717) is 11.4 Å². The van der Waals surface area contributed by atoms with Gasteiger partial charge in [-0.2, -0.15) is 0 Å². The van der Waals surface area contributed by atoms with Crippen molar-refractivity contribution in [2.75, 3.05) is 33.8 Å². The molecule has 0 aromatic heterocycles. The molecule has 3 aromatic rings. The fourth-order valence-electron chi connectivity index (χ4n) is 4.70. The molecule has 1 saturated heterocycles. The number of carbonyl (C=O) groups excluding carboxylic acids is 1. The van der Waals surface area contributed by atoms with Gasteiger partial charge in [0.1, 0.15) is 5.75 Å². The van der Waals surface area contributed by atoms with Crippen LogP contribution in [0.4, 0.5) is 17.1 Å². The van der Waals surface area contributed by atoms with Gasteiger partial charge in [0.2, 0.25) is 15.9 Å². The van der Waals surface area contributed by atoms with Crippen LogP contribution in [-0.4, -0.2) is 33.2 Å². The summed E-state index contributed by atoms with van der Waals surface area (Å²) in [7, 11) is -3.82. The number of amides is 1. The Labute approximate surface area is 194 Å². The maximum absolute atomic E-state index is 12.5. The minimum Gasteiger partial charge on any atom is -0.372 e. The van der Waals surface area contributed by atoms with Crippen molar-refractivity contribution >= 4 is 33.0 Å². The second-order valence-electron chi connectivity index (χ2n) is 8.71. The molecular weight excluding hydrogens is 434 g/mol. The Hall–Kier alpha value is -3.32. The lowest BCUT2D eigenvalue weighted by molar-refractivity contribution is -0.113. The molecule has 1 aliphatic heterocycles. The normalized spacial score (nSPS) is 15.0. The lowest BCUT2D eigenvalue weighted by atomic mass is 10.1. The largest absolute Gasteiger partial charge is 0.372 e. The molecule has 0 bridgehead atoms. The highest BCUT2D eigenvalue weighted by atomic mass is 32.2. The van der Waals surface area contributed by atoms with E-state index in [1.54, 1.807) is 12.1 Å². The Bertz CT molecular complexity index is 1280. The van der Waals surface area contributed by atoms with E-state index in [9.17, 15) is 13.2 Å². The van der Waals surface area contributed by atoms with E-state index in [1.165, 1.54) is 30.4 Å². The van der Waals surface area contributed by atoms with Crippen LogP contribution in [-0.2, 0) is 21.2 Å². The number of carbonyl (C=O) groups is 1. The third kappa shape index (κ3) is 4.88. The quantitative estimate of drug-likeness (QED) is 0.439. The topological polar surface area (TPSA) is 78.5 Å². The van der Waals surface area contributed by atoms with Gasteiger partial charge in [0.05, 0.1) is 0 Å². The molecule has 170 valence electrons. The third-order valence-electron chi connectivity index (χ3n) is 6.26. The molecule has 0 atom stereocenters. The predicted octanol–water partition coefficient (Wildman–Crippen LogP) is 4.63. The summed E-state index contributed by atoms with van der Waals surface area (Å²) in [5.74, 6) is -1.21. The number of rotatable bonds is 6. The van der Waals surface area contributed by atoms with Gasteiger partial charge in [-0.25, -0.2) is 8.42 Å². The van der Waals surface area contributed by atoms with Crippen molar-refractivity contribution in [1.29, 1.82) is 0 Å². The zero-order valence-electron chi connectivity index (χ0n) is 18.4. The lowest BCUT2D eigenvalue weighted by Crippen LogP contribution is -2.29. The summed E-state index contributed by atoms with van der Waals surface area (Å²) in [6, 6.07) is 21.3. The van der Waals surface area contributed by atoms with Crippen LogP contribution in [0, 0.1) is 0 Å². The van der Waals surface area contributed by atoms with E-state index in [-0.39, 0.29) is 0 Å². The van der Waals surface area contributed by atoms with Crippen molar-refractivity contribution < 1.29 is 13.2 Å². The molecule has 0 spiro atoms. The highest BCUT2D eigenvalue weighted by Crippen LogP contribution is 2.37. The Balaban J connectivity index is 1.19. The van der Waals surface area contributed by atoms with Crippen molar-refractivity contribution in [3.05, 3.63) is 77.9 Å². The average Bonchev–Trinajstić information content (AvgIpc) is 3.17. The van der Waals surface area contributed by atoms with Crippen LogP contribution in [0.2, 0.25) is 0 Å². The molecule has 1 fully saturated rings. The molecule has 1 amide bonds. The van der Waals surface area contributed by atoms with Gasteiger partial charge in [-0.05, 0) is 84.3 Å². The standard InChI is InChI=1S/C26H27N3O3S/c30-26(27-22-10-13-25-20(17-22)16-19-6-2-3-7-24(19)25)18-33(31,32)28-21-8-11-23(12-9-21)29-14-4-1-5-15-29/h2-3,6-13,17,28H,1,4-5,14-16,18H2,(H,27,30). The van der Waals surface area contributed by atoms with E-state index in [1.807, 2.05) is 42.5 Å². The van der Waals surface area contributed by atoms with Gasteiger partial charge in [0, 0.05) is 30.2 Å². The molecule has 1 heterocycles. The summed E-state index contributed by atoms with van der Waals surface area (Å²) in [5, 5.41) is 2.73. The van der Waals surface area contributed by atoms with Gasteiger partial charge in [0.15, 0.2) is 0 Å². The van der Waals surface area contributed by atoms with Crippen LogP contribution in [0.5, 0.6) is 0 Å². The Morgan fingerprint density at radius 2 is 1.52 bits per heavy atom. The summed E-state index contributed by atoms with van der Waals surface area (Å²) in [6.45, 7) is 2.06. The summed E-state index contributed by atoms with van der Waals surface area (Å²) in [6.07, 6.45) is 4.43. The molecule has 3 aromatic carbocycles. The SMILES string of the molecule is O=C(CS(=O)(=O)Nc1ccc(N2CCCCC2)cc1)Nc1ccc2c(c1)Cc1ccccc1-2. The first-order valence-corrected chi connectivity index (χ1v) is 13.0. The molecule has 5 rings (SSSR count). The first kappa shape index (κ1) is 21.5. The fourth-order valence-corrected chi connectivity index (χ4v) is 5.69. The number of hydrogen-bond acceptors (Lipinski definition) is 4. The van der Waals surface area contributed by atoms with Crippen LogP contribution < -0.4 is 14.9 Å². The molecule has 2 N–H and O–H groups in total. The van der Waals surface area contributed by atoms with Gasteiger partial charge in [-0.3, -0.25) is 9.52 Å². The van der Waals surface area contributed by atoms with Crippen LogP contribution in [0.3, 0.4) is 0 Å². The van der Waals surface area contributed by atoms with Crippen LogP contribution in [0.25, 0.3) is 11.1 Å². The average molecular weight is 462 g/mol. The minimum absolute atomic E-state index is 0.457. The number of anilines is 3. The van der Waals surface area contributed by atoms with Crippen LogP contribution >= 0.6 is 0 Å². The number of nitrogens with one attached hydrogen (secondary N) is 2. The maximum Gasteiger partial charge on any atom is 0.241 e. The van der Waals surface area contributed by atoms with E-state index >= 15 is 0 Å². The van der Waals surface area contributed by atoms with E-state index in [0.717, 1.165) is 36.3 Å². The molecule has 7 heteroatoms. The Morgan fingerprint density at radius 3 is 2.30 bits per heavy atom. The van der Waals surface area contributed by atoms with Crippen molar-refractivity contribution in [2.45, 2.75) is 25.7 Å². The number of benzene rings is 3. The zero-order valence-corrected chi connectivity index (χ0v) is 19.2. The highest BCUT2D eigenvalue weighted by molar-refractivity contribution is 7.93. The number of hydrogen-bond donors (Lipinski definition) is 2. The van der Waals surface area contributed by atoms with Crippen molar-refractivity contribution in [3.63, 3.8) is 0 Å². The first-order valence-electron chi connectivity index (χ1n) is 11.3. The number of sulfonamides is 1. The van der Waals surface area contributed by atoms with Crippen LogP contribution in [0.15, 0.2) is 66.7 Å². The lowest BCUT2D eigenvalue weighted by Gasteiger charge is -2.28. The van der Waals surface area contributed by atoms with E-state index in [2.05, 4.69) is 27.1 Å².